The number of nitrogens with zero attached hydrogens (tertiary/aromatic N) is 2. The van der Waals surface area contributed by atoms with E-state index >= 15 is 0 Å². The summed E-state index contributed by atoms with van der Waals surface area (Å²) >= 11 is 4.93. The first-order chi connectivity index (χ1) is 7.52. The molecular weight excluding hydrogens is 230 g/mol. The maximum atomic E-state index is 10.5. The van der Waals surface area contributed by atoms with Crippen molar-refractivity contribution in [2.45, 2.75) is 38.8 Å². The molecule has 0 amide bonds. The molecule has 0 bridgehead atoms. The van der Waals surface area contributed by atoms with E-state index in [2.05, 4.69) is 5.16 Å². The monoisotopic (exact) mass is 245 g/mol. The summed E-state index contributed by atoms with van der Waals surface area (Å²) in [5, 5.41) is 12.3. The fourth-order valence-corrected chi connectivity index (χ4v) is 1.61. The number of hydrogen-bond acceptors (Lipinski definition) is 5. The van der Waals surface area contributed by atoms with Crippen molar-refractivity contribution in [1.29, 1.82) is 0 Å². The highest BCUT2D eigenvalue weighted by molar-refractivity contribution is 7.71. The second-order valence-electron chi connectivity index (χ2n) is 3.59. The summed E-state index contributed by atoms with van der Waals surface area (Å²) < 4.78 is 6.60. The quantitative estimate of drug-likeness (QED) is 0.575. The van der Waals surface area contributed by atoms with E-state index in [4.69, 9.17) is 27.6 Å². The van der Waals surface area contributed by atoms with Crippen LogP contribution in [0.2, 0.25) is 0 Å². The van der Waals surface area contributed by atoms with Crippen LogP contribution in [0.4, 0.5) is 0 Å². The Balaban J connectivity index is 2.32. The smallest absolute Gasteiger partial charge is 0.320 e. The number of aromatic nitrogens is 2. The summed E-state index contributed by atoms with van der Waals surface area (Å²) in [5.41, 5.74) is 5.38. The van der Waals surface area contributed by atoms with Gasteiger partial charge in [-0.15, -0.1) is 0 Å². The third-order valence-electron chi connectivity index (χ3n) is 2.33. The predicted octanol–water partition coefficient (Wildman–Crippen LogP) is 1.10. The van der Waals surface area contributed by atoms with E-state index in [0.717, 1.165) is 18.7 Å². The number of nitrogens with two attached hydrogens (primary N) is 1. The van der Waals surface area contributed by atoms with Crippen LogP contribution in [0.25, 0.3) is 0 Å². The van der Waals surface area contributed by atoms with Gasteiger partial charge < -0.3 is 15.4 Å². The zero-order valence-corrected chi connectivity index (χ0v) is 9.87. The van der Waals surface area contributed by atoms with Crippen LogP contribution in [0, 0.1) is 11.8 Å². The van der Waals surface area contributed by atoms with Crippen LogP contribution in [-0.2, 0) is 11.3 Å². The first-order valence-corrected chi connectivity index (χ1v) is 5.44. The molecule has 0 aromatic carbocycles. The van der Waals surface area contributed by atoms with Gasteiger partial charge in [-0.1, -0.05) is 5.16 Å². The maximum Gasteiger partial charge on any atom is 0.320 e. The van der Waals surface area contributed by atoms with E-state index < -0.39 is 12.0 Å². The summed E-state index contributed by atoms with van der Waals surface area (Å²) in [4.78, 5) is 10.8. The third kappa shape index (κ3) is 3.42. The van der Waals surface area contributed by atoms with Gasteiger partial charge in [-0.2, -0.15) is 0 Å². The molecule has 16 heavy (non-hydrogen) atoms. The summed E-state index contributed by atoms with van der Waals surface area (Å²) in [6.45, 7) is 2.49. The fraction of sp³-hybridized carbons (Fsp3) is 0.667. The number of aliphatic carboxylic acids is 1. The molecular formula is C9H15N3O3S. The molecule has 90 valence electrons. The second-order valence-corrected chi connectivity index (χ2v) is 3.94. The van der Waals surface area contributed by atoms with Gasteiger partial charge in [0.25, 0.3) is 4.84 Å². The van der Waals surface area contributed by atoms with Gasteiger partial charge in [0.05, 0.1) is 0 Å². The minimum absolute atomic E-state index is 0.347. The molecule has 1 atom stereocenters. The van der Waals surface area contributed by atoms with Crippen molar-refractivity contribution in [3.05, 3.63) is 10.7 Å². The number of carboxylic acid groups (broad SMARTS) is 1. The van der Waals surface area contributed by atoms with Gasteiger partial charge in [-0.05, 0) is 38.4 Å². The SMILES string of the molecule is Cc1noc(=S)n1CCCCC(N)C(=O)O. The van der Waals surface area contributed by atoms with Crippen LogP contribution in [0.1, 0.15) is 25.1 Å². The Morgan fingerprint density at radius 2 is 2.38 bits per heavy atom. The molecule has 0 spiro atoms. The molecule has 3 N–H and O–H groups in total. The second kappa shape index (κ2) is 5.76. The molecule has 1 aromatic heterocycles. The minimum atomic E-state index is -0.960. The average Bonchev–Trinajstić information content (AvgIpc) is 2.54. The maximum absolute atomic E-state index is 10.5. The van der Waals surface area contributed by atoms with Crippen LogP contribution < -0.4 is 5.73 Å². The highest BCUT2D eigenvalue weighted by Crippen LogP contribution is 2.05. The molecule has 0 fully saturated rings. The number of unbranched alkanes of at least 4 members (excludes halogenated alkanes) is 1. The van der Waals surface area contributed by atoms with E-state index in [1.807, 2.05) is 6.92 Å². The molecule has 1 aromatic rings. The molecule has 0 aliphatic rings. The van der Waals surface area contributed by atoms with E-state index in [0.29, 0.717) is 17.8 Å². The Bertz CT molecular complexity index is 412. The lowest BCUT2D eigenvalue weighted by molar-refractivity contribution is -0.138. The van der Waals surface area contributed by atoms with Crippen LogP contribution in [0.5, 0.6) is 0 Å². The highest BCUT2D eigenvalue weighted by atomic mass is 32.1. The summed E-state index contributed by atoms with van der Waals surface area (Å²) in [5.74, 6) is -0.231. The molecule has 6 nitrogen and oxygen atoms in total. The molecule has 0 saturated heterocycles. The lowest BCUT2D eigenvalue weighted by Crippen LogP contribution is -2.29. The van der Waals surface area contributed by atoms with Crippen LogP contribution in [0.3, 0.4) is 0 Å². The molecule has 1 rings (SSSR count). The molecule has 0 aliphatic carbocycles. The van der Waals surface area contributed by atoms with Crippen molar-refractivity contribution in [2.24, 2.45) is 5.73 Å². The predicted molar refractivity (Wildman–Crippen MR) is 59.5 cm³/mol. The van der Waals surface area contributed by atoms with E-state index in [1.165, 1.54) is 0 Å². The lowest BCUT2D eigenvalue weighted by atomic mass is 10.1. The first-order valence-electron chi connectivity index (χ1n) is 5.04. The molecule has 1 unspecified atom stereocenters. The number of aryl methyl sites for hydroxylation is 1. The van der Waals surface area contributed by atoms with Crippen molar-refractivity contribution >= 4 is 18.2 Å². The Kier molecular flexibility index (Phi) is 4.63. The topological polar surface area (TPSA) is 94.3 Å². The Morgan fingerprint density at radius 1 is 1.69 bits per heavy atom. The molecule has 1 heterocycles. The van der Waals surface area contributed by atoms with Crippen molar-refractivity contribution in [3.63, 3.8) is 0 Å². The van der Waals surface area contributed by atoms with Crippen molar-refractivity contribution in [3.8, 4) is 0 Å². The first kappa shape index (κ1) is 12.9. The minimum Gasteiger partial charge on any atom is -0.480 e. The van der Waals surface area contributed by atoms with Crippen LogP contribution in [-0.4, -0.2) is 26.8 Å². The van der Waals surface area contributed by atoms with Gasteiger partial charge in [-0.25, -0.2) is 0 Å². The molecule has 0 radical (unpaired) electrons. The normalized spacial score (nSPS) is 12.6. The number of carbonyl (C=O) groups is 1. The van der Waals surface area contributed by atoms with Gasteiger partial charge in [0.15, 0.2) is 0 Å². The Labute approximate surface area is 98.0 Å². The fourth-order valence-electron chi connectivity index (χ4n) is 1.35. The summed E-state index contributed by atoms with van der Waals surface area (Å²) in [6.07, 6.45) is 2.00. The Hall–Kier alpha value is -1.21. The lowest BCUT2D eigenvalue weighted by Gasteiger charge is -2.06. The summed E-state index contributed by atoms with van der Waals surface area (Å²) in [6, 6.07) is -0.781. The van der Waals surface area contributed by atoms with Crippen molar-refractivity contribution < 1.29 is 14.4 Å². The number of rotatable bonds is 6. The van der Waals surface area contributed by atoms with Crippen LogP contribution in [0.15, 0.2) is 4.52 Å². The molecule has 0 aliphatic heterocycles. The average molecular weight is 245 g/mol. The van der Waals surface area contributed by atoms with Gasteiger partial charge in [-0.3, -0.25) is 9.36 Å². The third-order valence-corrected chi connectivity index (χ3v) is 2.63. The zero-order chi connectivity index (χ0) is 12.1. The molecule has 0 saturated carbocycles. The highest BCUT2D eigenvalue weighted by Gasteiger charge is 2.10. The number of carboxylic acids is 1. The zero-order valence-electron chi connectivity index (χ0n) is 9.05. The van der Waals surface area contributed by atoms with Crippen molar-refractivity contribution in [2.75, 3.05) is 0 Å². The van der Waals surface area contributed by atoms with Gasteiger partial charge in [0, 0.05) is 6.54 Å². The Morgan fingerprint density at radius 3 is 2.88 bits per heavy atom. The van der Waals surface area contributed by atoms with Crippen LogP contribution >= 0.6 is 12.2 Å². The van der Waals surface area contributed by atoms with Crippen molar-refractivity contribution in [1.82, 2.24) is 9.72 Å². The van der Waals surface area contributed by atoms with Gasteiger partial charge in [0.2, 0.25) is 0 Å². The van der Waals surface area contributed by atoms with E-state index in [9.17, 15) is 4.79 Å². The molecule has 7 heteroatoms. The standard InChI is InChI=1S/C9H15N3O3S/c1-6-11-15-9(16)12(6)5-3-2-4-7(10)8(13)14/h7H,2-5,10H2,1H3,(H,13,14). The van der Waals surface area contributed by atoms with E-state index in [-0.39, 0.29) is 0 Å². The number of hydrogen-bond donors (Lipinski definition) is 2. The van der Waals surface area contributed by atoms with E-state index in [1.54, 1.807) is 4.57 Å². The van der Waals surface area contributed by atoms with Gasteiger partial charge >= 0.3 is 5.97 Å². The largest absolute Gasteiger partial charge is 0.480 e. The summed E-state index contributed by atoms with van der Waals surface area (Å²) in [7, 11) is 0. The van der Waals surface area contributed by atoms with Gasteiger partial charge in [0.1, 0.15) is 11.9 Å².